The van der Waals surface area contributed by atoms with Gasteiger partial charge in [-0.15, -0.1) is 0 Å². The predicted octanol–water partition coefficient (Wildman–Crippen LogP) is 0.985. The number of nitrogens with zero attached hydrogens (tertiary/aromatic N) is 1. The predicted molar refractivity (Wildman–Crippen MR) is 57.6 cm³/mol. The quantitative estimate of drug-likeness (QED) is 0.787. The second kappa shape index (κ2) is 4.00. The minimum atomic E-state index is -0.476. The van der Waals surface area contributed by atoms with Crippen molar-refractivity contribution in [1.29, 1.82) is 0 Å². The standard InChI is InChI=1S/C11H13FN2O2/c12-8-4-3-7(15)6-10(8)14-5-1-2-9(14)11(13)16/h3-4,6,9,15H,1-2,5H2,(H2,13,16). The summed E-state index contributed by atoms with van der Waals surface area (Å²) in [6.45, 7) is 0.577. The molecule has 1 unspecified atom stereocenters. The van der Waals surface area contributed by atoms with Crippen molar-refractivity contribution in [2.24, 2.45) is 5.73 Å². The highest BCUT2D eigenvalue weighted by Crippen LogP contribution is 2.30. The smallest absolute Gasteiger partial charge is 0.240 e. The van der Waals surface area contributed by atoms with Gasteiger partial charge in [0, 0.05) is 12.6 Å². The number of carbonyl (C=O) groups excluding carboxylic acids is 1. The van der Waals surface area contributed by atoms with E-state index in [9.17, 15) is 14.3 Å². The van der Waals surface area contributed by atoms with Crippen LogP contribution in [-0.4, -0.2) is 23.6 Å². The van der Waals surface area contributed by atoms with Crippen LogP contribution < -0.4 is 10.6 Å². The van der Waals surface area contributed by atoms with Gasteiger partial charge in [-0.1, -0.05) is 0 Å². The number of aromatic hydroxyl groups is 1. The number of anilines is 1. The van der Waals surface area contributed by atoms with Crippen LogP contribution in [0, 0.1) is 5.82 Å². The maximum absolute atomic E-state index is 13.6. The molecule has 1 aromatic rings. The van der Waals surface area contributed by atoms with Crippen molar-refractivity contribution < 1.29 is 14.3 Å². The van der Waals surface area contributed by atoms with Crippen molar-refractivity contribution in [2.75, 3.05) is 11.4 Å². The molecule has 1 atom stereocenters. The molecule has 3 N–H and O–H groups in total. The molecule has 1 aliphatic rings. The summed E-state index contributed by atoms with van der Waals surface area (Å²) in [5.74, 6) is -0.933. The zero-order valence-corrected chi connectivity index (χ0v) is 8.69. The van der Waals surface area contributed by atoms with Crippen molar-refractivity contribution in [2.45, 2.75) is 18.9 Å². The molecule has 1 amide bonds. The summed E-state index contributed by atoms with van der Waals surface area (Å²) in [4.78, 5) is 12.8. The molecule has 5 heteroatoms. The van der Waals surface area contributed by atoms with E-state index in [-0.39, 0.29) is 11.4 Å². The molecule has 1 aliphatic heterocycles. The summed E-state index contributed by atoms with van der Waals surface area (Å²) in [7, 11) is 0. The molecule has 1 heterocycles. The number of benzene rings is 1. The molecule has 1 fully saturated rings. The molecule has 16 heavy (non-hydrogen) atoms. The third-order valence-electron chi connectivity index (χ3n) is 2.82. The fourth-order valence-electron chi connectivity index (χ4n) is 2.07. The zero-order valence-electron chi connectivity index (χ0n) is 8.69. The van der Waals surface area contributed by atoms with Gasteiger partial charge in [0.05, 0.1) is 5.69 Å². The lowest BCUT2D eigenvalue weighted by molar-refractivity contribution is -0.119. The van der Waals surface area contributed by atoms with Gasteiger partial charge in [0.15, 0.2) is 0 Å². The van der Waals surface area contributed by atoms with E-state index in [1.807, 2.05) is 0 Å². The summed E-state index contributed by atoms with van der Waals surface area (Å²) in [6.07, 6.45) is 1.42. The number of primary amides is 1. The van der Waals surface area contributed by atoms with Crippen LogP contribution in [0.4, 0.5) is 10.1 Å². The second-order valence-electron chi connectivity index (χ2n) is 3.89. The van der Waals surface area contributed by atoms with Crippen LogP contribution >= 0.6 is 0 Å². The number of hydrogen-bond acceptors (Lipinski definition) is 3. The topological polar surface area (TPSA) is 66.6 Å². The first-order chi connectivity index (χ1) is 7.59. The monoisotopic (exact) mass is 224 g/mol. The maximum atomic E-state index is 13.6. The molecule has 1 saturated heterocycles. The van der Waals surface area contributed by atoms with Crippen LogP contribution in [0.5, 0.6) is 5.75 Å². The van der Waals surface area contributed by atoms with E-state index in [1.165, 1.54) is 18.2 Å². The molecular weight excluding hydrogens is 211 g/mol. The summed E-state index contributed by atoms with van der Waals surface area (Å²) in [5.41, 5.74) is 5.49. The fourth-order valence-corrected chi connectivity index (χ4v) is 2.07. The molecule has 1 aromatic carbocycles. The fraction of sp³-hybridized carbons (Fsp3) is 0.364. The van der Waals surface area contributed by atoms with Crippen molar-refractivity contribution >= 4 is 11.6 Å². The highest BCUT2D eigenvalue weighted by molar-refractivity contribution is 5.84. The van der Waals surface area contributed by atoms with E-state index in [4.69, 9.17) is 5.73 Å². The molecule has 86 valence electrons. The van der Waals surface area contributed by atoms with Crippen molar-refractivity contribution in [3.8, 4) is 5.75 Å². The van der Waals surface area contributed by atoms with Crippen LogP contribution in [0.1, 0.15) is 12.8 Å². The third kappa shape index (κ3) is 1.80. The highest BCUT2D eigenvalue weighted by Gasteiger charge is 2.30. The number of hydrogen-bond donors (Lipinski definition) is 2. The van der Waals surface area contributed by atoms with E-state index < -0.39 is 17.8 Å². The summed E-state index contributed by atoms with van der Waals surface area (Å²) >= 11 is 0. The number of rotatable bonds is 2. The van der Waals surface area contributed by atoms with Gasteiger partial charge in [0.2, 0.25) is 5.91 Å². The average molecular weight is 224 g/mol. The Morgan fingerprint density at radius 1 is 1.56 bits per heavy atom. The first kappa shape index (κ1) is 10.7. The van der Waals surface area contributed by atoms with Gasteiger partial charge in [-0.2, -0.15) is 0 Å². The molecule has 2 rings (SSSR count). The number of phenolic OH excluding ortho intramolecular Hbond substituents is 1. The first-order valence-electron chi connectivity index (χ1n) is 5.14. The Bertz CT molecular complexity index is 422. The summed E-state index contributed by atoms with van der Waals surface area (Å²) in [6, 6.07) is 3.29. The van der Waals surface area contributed by atoms with Gasteiger partial charge >= 0.3 is 0 Å². The average Bonchev–Trinajstić information content (AvgIpc) is 2.70. The molecule has 0 bridgehead atoms. The lowest BCUT2D eigenvalue weighted by atomic mass is 10.2. The Balaban J connectivity index is 2.35. The van der Waals surface area contributed by atoms with E-state index in [0.717, 1.165) is 6.42 Å². The van der Waals surface area contributed by atoms with Crippen molar-refractivity contribution in [3.63, 3.8) is 0 Å². The van der Waals surface area contributed by atoms with Crippen molar-refractivity contribution in [3.05, 3.63) is 24.0 Å². The van der Waals surface area contributed by atoms with Crippen molar-refractivity contribution in [1.82, 2.24) is 0 Å². The van der Waals surface area contributed by atoms with Crippen LogP contribution in [0.15, 0.2) is 18.2 Å². The second-order valence-corrected chi connectivity index (χ2v) is 3.89. The van der Waals surface area contributed by atoms with Crippen LogP contribution in [0.2, 0.25) is 0 Å². The highest BCUT2D eigenvalue weighted by atomic mass is 19.1. The minimum absolute atomic E-state index is 0.0217. The van der Waals surface area contributed by atoms with Gasteiger partial charge < -0.3 is 15.7 Å². The lowest BCUT2D eigenvalue weighted by Crippen LogP contribution is -2.40. The zero-order chi connectivity index (χ0) is 11.7. The first-order valence-corrected chi connectivity index (χ1v) is 5.14. The molecule has 0 aromatic heterocycles. The van der Waals surface area contributed by atoms with Gasteiger partial charge in [-0.3, -0.25) is 4.79 Å². The van der Waals surface area contributed by atoms with Gasteiger partial charge in [0.25, 0.3) is 0 Å². The van der Waals surface area contributed by atoms with E-state index in [1.54, 1.807) is 4.90 Å². The minimum Gasteiger partial charge on any atom is -0.508 e. The Morgan fingerprint density at radius 2 is 2.31 bits per heavy atom. The third-order valence-corrected chi connectivity index (χ3v) is 2.82. The largest absolute Gasteiger partial charge is 0.508 e. The Morgan fingerprint density at radius 3 is 3.00 bits per heavy atom. The normalized spacial score (nSPS) is 20.1. The van der Waals surface area contributed by atoms with Gasteiger partial charge in [0.1, 0.15) is 17.6 Å². The van der Waals surface area contributed by atoms with Gasteiger partial charge in [-0.25, -0.2) is 4.39 Å². The SMILES string of the molecule is NC(=O)C1CCCN1c1cc(O)ccc1F. The lowest BCUT2D eigenvalue weighted by Gasteiger charge is -2.24. The Hall–Kier alpha value is -1.78. The molecule has 0 saturated carbocycles. The molecule has 0 spiro atoms. The number of phenols is 1. The molecular formula is C11H13FN2O2. The number of nitrogens with two attached hydrogens (primary N) is 1. The summed E-state index contributed by atoms with van der Waals surface area (Å²) < 4.78 is 13.6. The molecule has 0 radical (unpaired) electrons. The van der Waals surface area contributed by atoms with E-state index >= 15 is 0 Å². The Kier molecular flexibility index (Phi) is 2.68. The number of halogens is 1. The van der Waals surface area contributed by atoms with Crippen LogP contribution in [-0.2, 0) is 4.79 Å². The Labute approximate surface area is 92.5 Å². The van der Waals surface area contributed by atoms with Gasteiger partial charge in [-0.05, 0) is 25.0 Å². The molecule has 0 aliphatic carbocycles. The molecule has 4 nitrogen and oxygen atoms in total. The number of carbonyl (C=O) groups is 1. The van der Waals surface area contributed by atoms with E-state index in [2.05, 4.69) is 0 Å². The summed E-state index contributed by atoms with van der Waals surface area (Å²) in [5, 5.41) is 9.31. The van der Waals surface area contributed by atoms with Crippen LogP contribution in [0.25, 0.3) is 0 Å². The number of amides is 1. The maximum Gasteiger partial charge on any atom is 0.240 e. The van der Waals surface area contributed by atoms with E-state index in [0.29, 0.717) is 13.0 Å². The van der Waals surface area contributed by atoms with Crippen LogP contribution in [0.3, 0.4) is 0 Å².